The summed E-state index contributed by atoms with van der Waals surface area (Å²) in [4.78, 5) is 27.9. The van der Waals surface area contributed by atoms with E-state index in [9.17, 15) is 9.59 Å². The van der Waals surface area contributed by atoms with E-state index in [2.05, 4.69) is 10.2 Å². The van der Waals surface area contributed by atoms with Gasteiger partial charge in [-0.2, -0.15) is 5.10 Å². The van der Waals surface area contributed by atoms with Gasteiger partial charge >= 0.3 is 0 Å². The number of H-pyrrole nitrogens is 1. The van der Waals surface area contributed by atoms with E-state index in [1.165, 1.54) is 6.07 Å². The molecule has 21 heavy (non-hydrogen) atoms. The standard InChI is InChI=1S/C13H19N5O3/c14-11-8-9(15-16-11)12(19)17-3-5-18(6-4-17)13(20)10-2-1-7-21-10/h8,10H,1-7H2,(H3,14,15,16). The number of aromatic nitrogens is 2. The molecule has 0 saturated carbocycles. The van der Waals surface area contributed by atoms with Crippen molar-refractivity contribution in [2.24, 2.45) is 0 Å². The minimum Gasteiger partial charge on any atom is -0.382 e. The molecule has 2 aliphatic heterocycles. The molecule has 114 valence electrons. The fourth-order valence-electron chi connectivity index (χ4n) is 2.72. The van der Waals surface area contributed by atoms with Crippen molar-refractivity contribution < 1.29 is 14.3 Å². The summed E-state index contributed by atoms with van der Waals surface area (Å²) in [6.45, 7) is 2.75. The lowest BCUT2D eigenvalue weighted by Gasteiger charge is -2.35. The summed E-state index contributed by atoms with van der Waals surface area (Å²) >= 11 is 0. The summed E-state index contributed by atoms with van der Waals surface area (Å²) in [5, 5.41) is 6.37. The maximum Gasteiger partial charge on any atom is 0.272 e. The average molecular weight is 293 g/mol. The number of anilines is 1. The van der Waals surface area contributed by atoms with Crippen LogP contribution in [0.15, 0.2) is 6.07 Å². The van der Waals surface area contributed by atoms with E-state index < -0.39 is 0 Å². The summed E-state index contributed by atoms with van der Waals surface area (Å²) in [5.74, 6) is 0.208. The van der Waals surface area contributed by atoms with Crippen molar-refractivity contribution in [2.75, 3.05) is 38.5 Å². The van der Waals surface area contributed by atoms with Gasteiger partial charge in [-0.3, -0.25) is 14.7 Å². The molecule has 0 bridgehead atoms. The van der Waals surface area contributed by atoms with Crippen LogP contribution in [0.3, 0.4) is 0 Å². The first-order chi connectivity index (χ1) is 10.1. The van der Waals surface area contributed by atoms with Crippen LogP contribution in [0.4, 0.5) is 5.82 Å². The third-order valence-corrected chi connectivity index (χ3v) is 3.91. The number of aromatic amines is 1. The molecule has 2 aliphatic rings. The van der Waals surface area contributed by atoms with Crippen LogP contribution in [0.1, 0.15) is 23.3 Å². The van der Waals surface area contributed by atoms with E-state index >= 15 is 0 Å². The van der Waals surface area contributed by atoms with Gasteiger partial charge in [0.1, 0.15) is 17.6 Å². The number of nitrogen functional groups attached to an aromatic ring is 1. The highest BCUT2D eigenvalue weighted by atomic mass is 16.5. The van der Waals surface area contributed by atoms with Gasteiger partial charge in [-0.05, 0) is 12.8 Å². The van der Waals surface area contributed by atoms with E-state index in [4.69, 9.17) is 10.5 Å². The van der Waals surface area contributed by atoms with E-state index in [0.717, 1.165) is 12.8 Å². The molecular weight excluding hydrogens is 274 g/mol. The first kappa shape index (κ1) is 13.9. The highest BCUT2D eigenvalue weighted by Gasteiger charge is 2.31. The molecule has 1 unspecified atom stereocenters. The quantitative estimate of drug-likeness (QED) is 0.761. The van der Waals surface area contributed by atoms with Gasteiger partial charge in [-0.25, -0.2) is 0 Å². The van der Waals surface area contributed by atoms with E-state index in [0.29, 0.717) is 44.3 Å². The Morgan fingerprint density at radius 2 is 2.00 bits per heavy atom. The summed E-state index contributed by atoms with van der Waals surface area (Å²) in [6.07, 6.45) is 1.45. The predicted molar refractivity (Wildman–Crippen MR) is 74.5 cm³/mol. The molecule has 2 saturated heterocycles. The molecule has 0 radical (unpaired) electrons. The van der Waals surface area contributed by atoms with Crippen molar-refractivity contribution in [3.8, 4) is 0 Å². The smallest absolute Gasteiger partial charge is 0.272 e. The maximum absolute atomic E-state index is 12.2. The van der Waals surface area contributed by atoms with Crippen LogP contribution in [-0.4, -0.2) is 70.7 Å². The van der Waals surface area contributed by atoms with Crippen LogP contribution in [0.5, 0.6) is 0 Å². The van der Waals surface area contributed by atoms with Crippen LogP contribution in [0.2, 0.25) is 0 Å². The lowest BCUT2D eigenvalue weighted by Crippen LogP contribution is -2.52. The topological polar surface area (TPSA) is 105 Å². The van der Waals surface area contributed by atoms with Gasteiger partial charge < -0.3 is 20.3 Å². The van der Waals surface area contributed by atoms with Crippen LogP contribution in [0, 0.1) is 0 Å². The first-order valence-corrected chi connectivity index (χ1v) is 7.15. The van der Waals surface area contributed by atoms with Crippen LogP contribution in [-0.2, 0) is 9.53 Å². The monoisotopic (exact) mass is 293 g/mol. The van der Waals surface area contributed by atoms with Crippen molar-refractivity contribution in [1.29, 1.82) is 0 Å². The average Bonchev–Trinajstić information content (AvgIpc) is 3.17. The summed E-state index contributed by atoms with van der Waals surface area (Å²) < 4.78 is 5.42. The van der Waals surface area contributed by atoms with Gasteiger partial charge in [0.2, 0.25) is 0 Å². The Hall–Kier alpha value is -2.09. The van der Waals surface area contributed by atoms with Crippen molar-refractivity contribution >= 4 is 17.6 Å². The van der Waals surface area contributed by atoms with Gasteiger partial charge in [0, 0.05) is 38.9 Å². The molecule has 3 N–H and O–H groups in total. The van der Waals surface area contributed by atoms with Crippen molar-refractivity contribution in [1.82, 2.24) is 20.0 Å². The number of carbonyl (C=O) groups excluding carboxylic acids is 2. The Bertz CT molecular complexity index is 530. The zero-order chi connectivity index (χ0) is 14.8. The summed E-state index contributed by atoms with van der Waals surface area (Å²) in [5.41, 5.74) is 5.88. The zero-order valence-electron chi connectivity index (χ0n) is 11.7. The van der Waals surface area contributed by atoms with Crippen LogP contribution >= 0.6 is 0 Å². The lowest BCUT2D eigenvalue weighted by atomic mass is 10.2. The van der Waals surface area contributed by atoms with Crippen molar-refractivity contribution in [3.63, 3.8) is 0 Å². The third kappa shape index (κ3) is 2.85. The number of hydrogen-bond acceptors (Lipinski definition) is 5. The number of amides is 2. The minimum atomic E-state index is -0.292. The Morgan fingerprint density at radius 1 is 1.29 bits per heavy atom. The van der Waals surface area contributed by atoms with Gasteiger partial charge in [-0.15, -0.1) is 0 Å². The first-order valence-electron chi connectivity index (χ1n) is 7.15. The van der Waals surface area contributed by atoms with Crippen molar-refractivity contribution in [3.05, 3.63) is 11.8 Å². The molecule has 0 aliphatic carbocycles. The largest absolute Gasteiger partial charge is 0.382 e. The molecule has 0 aromatic carbocycles. The zero-order valence-corrected chi connectivity index (χ0v) is 11.7. The SMILES string of the molecule is Nc1cc(C(=O)N2CCN(C(=O)C3CCCO3)CC2)[nH]n1. The fraction of sp³-hybridized carbons (Fsp3) is 0.615. The number of nitrogens with two attached hydrogens (primary N) is 1. The minimum absolute atomic E-state index is 0.0467. The van der Waals surface area contributed by atoms with Gasteiger partial charge in [0.15, 0.2) is 0 Å². The molecule has 2 fully saturated rings. The Balaban J connectivity index is 1.55. The highest BCUT2D eigenvalue weighted by Crippen LogP contribution is 2.16. The molecule has 8 heteroatoms. The highest BCUT2D eigenvalue weighted by molar-refractivity contribution is 5.93. The molecule has 0 spiro atoms. The summed E-state index contributed by atoms with van der Waals surface area (Å²) in [7, 11) is 0. The number of carbonyl (C=O) groups is 2. The Morgan fingerprint density at radius 3 is 2.57 bits per heavy atom. The second-order valence-electron chi connectivity index (χ2n) is 5.33. The molecule has 1 aromatic heterocycles. The van der Waals surface area contributed by atoms with Crippen LogP contribution < -0.4 is 5.73 Å². The normalized spacial score (nSPS) is 22.6. The van der Waals surface area contributed by atoms with E-state index in [1.807, 2.05) is 0 Å². The third-order valence-electron chi connectivity index (χ3n) is 3.91. The predicted octanol–water partition coefficient (Wildman–Crippen LogP) is -0.545. The molecule has 1 aromatic rings. The number of hydrogen-bond donors (Lipinski definition) is 2. The number of ether oxygens (including phenoxy) is 1. The number of nitrogens with zero attached hydrogens (tertiary/aromatic N) is 3. The van der Waals surface area contributed by atoms with Gasteiger partial charge in [-0.1, -0.05) is 0 Å². The summed E-state index contributed by atoms with van der Waals surface area (Å²) in [6, 6.07) is 1.52. The van der Waals surface area contributed by atoms with Gasteiger partial charge in [0.25, 0.3) is 11.8 Å². The number of piperazine rings is 1. The molecule has 3 heterocycles. The molecule has 1 atom stereocenters. The van der Waals surface area contributed by atoms with E-state index in [1.54, 1.807) is 9.80 Å². The second kappa shape index (κ2) is 5.72. The fourth-order valence-corrected chi connectivity index (χ4v) is 2.72. The molecule has 2 amide bonds. The molecule has 8 nitrogen and oxygen atoms in total. The Labute approximate surface area is 122 Å². The molecular formula is C13H19N5O3. The van der Waals surface area contributed by atoms with Crippen LogP contribution in [0.25, 0.3) is 0 Å². The van der Waals surface area contributed by atoms with Crippen molar-refractivity contribution in [2.45, 2.75) is 18.9 Å². The maximum atomic E-state index is 12.2. The number of rotatable bonds is 2. The van der Waals surface area contributed by atoms with Gasteiger partial charge in [0.05, 0.1) is 0 Å². The number of nitrogens with one attached hydrogen (secondary N) is 1. The van der Waals surface area contributed by atoms with E-state index in [-0.39, 0.29) is 17.9 Å². The lowest BCUT2D eigenvalue weighted by molar-refractivity contribution is -0.142. The Kier molecular flexibility index (Phi) is 3.78. The second-order valence-corrected chi connectivity index (χ2v) is 5.33. The molecule has 3 rings (SSSR count).